The summed E-state index contributed by atoms with van der Waals surface area (Å²) in [6, 6.07) is 0. The molecule has 0 saturated carbocycles. The fourth-order valence-corrected chi connectivity index (χ4v) is 2.65. The summed E-state index contributed by atoms with van der Waals surface area (Å²) in [5.74, 6) is 0.207. The lowest BCUT2D eigenvalue weighted by Crippen LogP contribution is -2.25. The lowest BCUT2D eigenvalue weighted by molar-refractivity contribution is -0.132. The van der Waals surface area contributed by atoms with Crippen molar-refractivity contribution in [2.45, 2.75) is 32.6 Å². The van der Waals surface area contributed by atoms with Crippen molar-refractivity contribution in [1.82, 2.24) is 4.90 Å². The van der Waals surface area contributed by atoms with Gasteiger partial charge in [-0.15, -0.1) is 11.8 Å². The van der Waals surface area contributed by atoms with Crippen LogP contribution in [0.2, 0.25) is 0 Å². The quantitative estimate of drug-likeness (QED) is 0.560. The molecule has 1 heterocycles. The van der Waals surface area contributed by atoms with Crippen molar-refractivity contribution in [2.24, 2.45) is 0 Å². The Bertz CT molecular complexity index is 315. The molecule has 0 aliphatic carbocycles. The molecule has 1 aliphatic heterocycles. The lowest BCUT2D eigenvalue weighted by Gasteiger charge is -2.14. The number of hydrogen-bond acceptors (Lipinski definition) is 3. The molecular formula is C12H19NO3S. The molecular weight excluding hydrogens is 238 g/mol. The number of aliphatic carboxylic acids is 1. The molecule has 1 saturated heterocycles. The van der Waals surface area contributed by atoms with Crippen molar-refractivity contribution >= 4 is 23.6 Å². The first kappa shape index (κ1) is 14.1. The predicted octanol–water partition coefficient (Wildman–Crippen LogP) is 2.11. The Morgan fingerprint density at radius 2 is 2.29 bits per heavy atom. The van der Waals surface area contributed by atoms with Crippen LogP contribution < -0.4 is 0 Å². The zero-order valence-electron chi connectivity index (χ0n) is 10.1. The van der Waals surface area contributed by atoms with E-state index >= 15 is 0 Å². The maximum absolute atomic E-state index is 11.3. The number of carbonyl (C=O) groups is 2. The van der Waals surface area contributed by atoms with Gasteiger partial charge in [-0.05, 0) is 31.9 Å². The molecule has 1 N–H and O–H groups in total. The number of unbranched alkanes of at least 4 members (excludes halogenated alkanes) is 1. The number of amides is 1. The number of allylic oxidation sites excluding steroid dienone is 1. The van der Waals surface area contributed by atoms with Crippen LogP contribution in [0.4, 0.5) is 0 Å². The average Bonchev–Trinajstić information content (AvgIpc) is 2.69. The molecule has 0 aromatic heterocycles. The summed E-state index contributed by atoms with van der Waals surface area (Å²) in [5, 5.41) is 8.80. The maximum Gasteiger partial charge on any atom is 0.341 e. The van der Waals surface area contributed by atoms with E-state index in [-0.39, 0.29) is 5.91 Å². The summed E-state index contributed by atoms with van der Waals surface area (Å²) in [7, 11) is 0. The molecule has 0 bridgehead atoms. The fourth-order valence-electron chi connectivity index (χ4n) is 1.80. The monoisotopic (exact) mass is 257 g/mol. The topological polar surface area (TPSA) is 57.6 Å². The number of nitrogens with zero attached hydrogens (tertiary/aromatic N) is 1. The van der Waals surface area contributed by atoms with Crippen LogP contribution in [0.1, 0.15) is 32.6 Å². The van der Waals surface area contributed by atoms with Gasteiger partial charge in [0.2, 0.25) is 5.91 Å². The minimum atomic E-state index is -0.854. The predicted molar refractivity (Wildman–Crippen MR) is 68.9 cm³/mol. The van der Waals surface area contributed by atoms with Crippen LogP contribution in [0.5, 0.6) is 0 Å². The zero-order chi connectivity index (χ0) is 12.7. The molecule has 1 aliphatic rings. The summed E-state index contributed by atoms with van der Waals surface area (Å²) >= 11 is 1.37. The van der Waals surface area contributed by atoms with Crippen LogP contribution in [0, 0.1) is 0 Å². The van der Waals surface area contributed by atoms with Crippen molar-refractivity contribution in [1.29, 1.82) is 0 Å². The van der Waals surface area contributed by atoms with Crippen LogP contribution in [-0.2, 0) is 9.59 Å². The fraction of sp³-hybridized carbons (Fsp3) is 0.667. The highest BCUT2D eigenvalue weighted by Crippen LogP contribution is 2.18. The molecule has 1 fully saturated rings. The summed E-state index contributed by atoms with van der Waals surface area (Å²) in [6.45, 7) is 3.44. The van der Waals surface area contributed by atoms with Crippen LogP contribution in [0.25, 0.3) is 0 Å². The van der Waals surface area contributed by atoms with Crippen molar-refractivity contribution in [3.05, 3.63) is 11.0 Å². The molecule has 0 aromatic carbocycles. The van der Waals surface area contributed by atoms with Gasteiger partial charge in [-0.2, -0.15) is 0 Å². The summed E-state index contributed by atoms with van der Waals surface area (Å²) in [5.41, 5.74) is 0. The number of hydrogen-bond donors (Lipinski definition) is 1. The Labute approximate surface area is 106 Å². The second-order valence-corrected chi connectivity index (χ2v) is 5.13. The van der Waals surface area contributed by atoms with E-state index in [2.05, 4.69) is 0 Å². The highest BCUT2D eigenvalue weighted by atomic mass is 32.2. The van der Waals surface area contributed by atoms with E-state index in [0.717, 1.165) is 38.1 Å². The van der Waals surface area contributed by atoms with Crippen LogP contribution in [0.15, 0.2) is 11.0 Å². The largest absolute Gasteiger partial charge is 0.477 e. The van der Waals surface area contributed by atoms with Crippen molar-refractivity contribution in [2.75, 3.05) is 18.8 Å². The Balaban J connectivity index is 2.08. The summed E-state index contributed by atoms with van der Waals surface area (Å²) < 4.78 is 0. The second-order valence-electron chi connectivity index (χ2n) is 4.00. The van der Waals surface area contributed by atoms with E-state index < -0.39 is 5.97 Å². The van der Waals surface area contributed by atoms with Gasteiger partial charge in [0, 0.05) is 19.5 Å². The first-order valence-electron chi connectivity index (χ1n) is 5.95. The van der Waals surface area contributed by atoms with E-state index in [1.54, 1.807) is 13.0 Å². The standard InChI is InChI=1S/C12H19NO3S/c1-2-10(12(15)16)17-9-4-3-7-13-8-5-6-11(13)14/h2H,3-9H2,1H3,(H,15,16)/b10-2-. The van der Waals surface area contributed by atoms with Gasteiger partial charge in [-0.1, -0.05) is 6.08 Å². The third-order valence-electron chi connectivity index (χ3n) is 2.72. The Kier molecular flexibility index (Phi) is 6.11. The first-order chi connectivity index (χ1) is 8.15. The van der Waals surface area contributed by atoms with Crippen LogP contribution in [-0.4, -0.2) is 40.7 Å². The Hall–Kier alpha value is -0.970. The average molecular weight is 257 g/mol. The third kappa shape index (κ3) is 4.81. The number of carbonyl (C=O) groups excluding carboxylic acids is 1. The SMILES string of the molecule is C/C=C(\SCCCCN1CCCC1=O)C(=O)O. The molecule has 1 amide bonds. The molecule has 96 valence electrons. The number of carboxylic acid groups (broad SMARTS) is 1. The number of thioether (sulfide) groups is 1. The van der Waals surface area contributed by atoms with Gasteiger partial charge in [0.1, 0.15) is 0 Å². The molecule has 5 heteroatoms. The molecule has 0 radical (unpaired) electrons. The highest BCUT2D eigenvalue weighted by Gasteiger charge is 2.18. The van der Waals surface area contributed by atoms with E-state index in [9.17, 15) is 9.59 Å². The van der Waals surface area contributed by atoms with Crippen LogP contribution >= 0.6 is 11.8 Å². The molecule has 1 rings (SSSR count). The highest BCUT2D eigenvalue weighted by molar-refractivity contribution is 8.03. The zero-order valence-corrected chi connectivity index (χ0v) is 11.0. The minimum Gasteiger partial charge on any atom is -0.477 e. The second kappa shape index (κ2) is 7.37. The molecule has 4 nitrogen and oxygen atoms in total. The van der Waals surface area contributed by atoms with E-state index in [1.165, 1.54) is 11.8 Å². The van der Waals surface area contributed by atoms with Gasteiger partial charge in [-0.25, -0.2) is 4.79 Å². The van der Waals surface area contributed by atoms with Gasteiger partial charge in [-0.3, -0.25) is 4.79 Å². The number of rotatable bonds is 7. The van der Waals surface area contributed by atoms with Gasteiger partial charge in [0.15, 0.2) is 0 Å². The molecule has 0 aromatic rings. The Morgan fingerprint density at radius 3 is 2.82 bits per heavy atom. The summed E-state index contributed by atoms with van der Waals surface area (Å²) in [6.07, 6.45) is 5.19. The third-order valence-corrected chi connectivity index (χ3v) is 3.94. The normalized spacial score (nSPS) is 16.6. The van der Waals surface area contributed by atoms with Gasteiger partial charge in [0.25, 0.3) is 0 Å². The summed E-state index contributed by atoms with van der Waals surface area (Å²) in [4.78, 5) is 24.3. The lowest BCUT2D eigenvalue weighted by atomic mass is 10.3. The smallest absolute Gasteiger partial charge is 0.341 e. The van der Waals surface area contributed by atoms with E-state index in [1.807, 2.05) is 4.90 Å². The van der Waals surface area contributed by atoms with Gasteiger partial charge < -0.3 is 10.0 Å². The Morgan fingerprint density at radius 1 is 1.53 bits per heavy atom. The molecule has 17 heavy (non-hydrogen) atoms. The molecule has 0 atom stereocenters. The van der Waals surface area contributed by atoms with Gasteiger partial charge in [0.05, 0.1) is 4.91 Å². The number of likely N-dealkylation sites (tertiary alicyclic amines) is 1. The van der Waals surface area contributed by atoms with E-state index in [0.29, 0.717) is 11.3 Å². The van der Waals surface area contributed by atoms with E-state index in [4.69, 9.17) is 5.11 Å². The van der Waals surface area contributed by atoms with Crippen LogP contribution in [0.3, 0.4) is 0 Å². The molecule has 0 spiro atoms. The first-order valence-corrected chi connectivity index (χ1v) is 6.94. The minimum absolute atomic E-state index is 0.261. The van der Waals surface area contributed by atoms with Crippen molar-refractivity contribution in [3.8, 4) is 0 Å². The van der Waals surface area contributed by atoms with Crippen molar-refractivity contribution < 1.29 is 14.7 Å². The van der Waals surface area contributed by atoms with Gasteiger partial charge >= 0.3 is 5.97 Å². The number of carboxylic acids is 1. The molecule has 0 unspecified atom stereocenters. The maximum atomic E-state index is 11.3. The van der Waals surface area contributed by atoms with Crippen molar-refractivity contribution in [3.63, 3.8) is 0 Å².